The molecule has 0 aliphatic carbocycles. The molecule has 1 N–H and O–H groups in total. The predicted octanol–water partition coefficient (Wildman–Crippen LogP) is 6.65. The number of halogens is 1. The zero-order valence-corrected chi connectivity index (χ0v) is 23.9. The largest absolute Gasteiger partial charge is 0.352 e. The lowest BCUT2D eigenvalue weighted by atomic mass is 10.0. The van der Waals surface area contributed by atoms with E-state index in [1.54, 1.807) is 16.2 Å². The highest BCUT2D eigenvalue weighted by Crippen LogP contribution is 2.49. The summed E-state index contributed by atoms with van der Waals surface area (Å²) >= 11 is 9.57. The summed E-state index contributed by atoms with van der Waals surface area (Å²) < 4.78 is 1.84. The minimum absolute atomic E-state index is 0.0144. The van der Waals surface area contributed by atoms with E-state index < -0.39 is 0 Å². The van der Waals surface area contributed by atoms with Crippen molar-refractivity contribution in [3.05, 3.63) is 87.8 Å². The second-order valence-electron chi connectivity index (χ2n) is 9.36. The number of aromatic nitrogens is 2. The third kappa shape index (κ3) is 5.25. The third-order valence-corrected chi connectivity index (χ3v) is 9.03. The van der Waals surface area contributed by atoms with Crippen molar-refractivity contribution in [1.29, 1.82) is 0 Å². The third-order valence-electron chi connectivity index (χ3n) is 6.66. The Labute approximate surface area is 236 Å². The van der Waals surface area contributed by atoms with Crippen LogP contribution in [0.15, 0.2) is 66.0 Å². The van der Waals surface area contributed by atoms with Crippen molar-refractivity contribution in [3.63, 3.8) is 0 Å². The molecule has 196 valence electrons. The number of aryl methyl sites for hydroxylation is 1. The zero-order chi connectivity index (χ0) is 26.8. The first-order chi connectivity index (χ1) is 18.4. The van der Waals surface area contributed by atoms with E-state index in [2.05, 4.69) is 5.32 Å². The number of anilines is 1. The van der Waals surface area contributed by atoms with Gasteiger partial charge in [0.1, 0.15) is 18.1 Å². The van der Waals surface area contributed by atoms with Crippen molar-refractivity contribution in [2.24, 2.45) is 0 Å². The van der Waals surface area contributed by atoms with Crippen molar-refractivity contribution < 1.29 is 9.59 Å². The van der Waals surface area contributed by atoms with Crippen molar-refractivity contribution in [2.75, 3.05) is 17.2 Å². The second-order valence-corrected chi connectivity index (χ2v) is 11.8. The van der Waals surface area contributed by atoms with Crippen molar-refractivity contribution >= 4 is 52.3 Å². The van der Waals surface area contributed by atoms with Crippen LogP contribution in [0.4, 0.5) is 5.82 Å². The number of carbonyl (C=O) groups excluding carboxylic acids is 2. The Kier molecular flexibility index (Phi) is 7.93. The van der Waals surface area contributed by atoms with Crippen LogP contribution in [0.3, 0.4) is 0 Å². The molecule has 1 aliphatic rings. The summed E-state index contributed by atoms with van der Waals surface area (Å²) in [5.41, 5.74) is 4.58. The molecule has 2 unspecified atom stereocenters. The number of carbonyl (C=O) groups is 2. The van der Waals surface area contributed by atoms with Gasteiger partial charge < -0.3 is 5.32 Å². The van der Waals surface area contributed by atoms with Gasteiger partial charge in [-0.05, 0) is 61.0 Å². The van der Waals surface area contributed by atoms with E-state index in [9.17, 15) is 9.59 Å². The topological polar surface area (TPSA) is 67.2 Å². The van der Waals surface area contributed by atoms with Gasteiger partial charge in [0.05, 0.1) is 21.6 Å². The first kappa shape index (κ1) is 26.5. The molecule has 3 heterocycles. The molecule has 0 radical (unpaired) electrons. The van der Waals surface area contributed by atoms with E-state index in [1.807, 2.05) is 91.5 Å². The van der Waals surface area contributed by atoms with E-state index in [0.717, 1.165) is 39.4 Å². The number of para-hydroxylation sites is 1. The highest BCUT2D eigenvalue weighted by molar-refractivity contribution is 8.00. The van der Waals surface area contributed by atoms with Gasteiger partial charge in [-0.25, -0.2) is 4.68 Å². The van der Waals surface area contributed by atoms with Crippen molar-refractivity contribution in [3.8, 4) is 16.3 Å². The van der Waals surface area contributed by atoms with Crippen molar-refractivity contribution in [1.82, 2.24) is 15.1 Å². The quantitative estimate of drug-likeness (QED) is 0.273. The lowest BCUT2D eigenvalue weighted by Gasteiger charge is -2.24. The summed E-state index contributed by atoms with van der Waals surface area (Å²) in [6, 6.07) is 19.8. The molecule has 38 heavy (non-hydrogen) atoms. The molecule has 0 saturated carbocycles. The molecular weight excluding hydrogens is 536 g/mol. The standard InChI is InChI=1S/C29H29ClN4O2S2/c1-4-19(3)31-24(35)16-33-25(36)17-38-28(20-10-7-11-21(30)15-20)26-27(23-13-8-14-37-23)32-34(29(26)33)22-12-6-5-9-18(22)2/h5-15,19,28H,4,16-17H2,1-3H3,(H,31,35). The summed E-state index contributed by atoms with van der Waals surface area (Å²) in [7, 11) is 0. The number of rotatable bonds is 7. The molecule has 2 aromatic carbocycles. The van der Waals surface area contributed by atoms with Crippen LogP contribution in [0.5, 0.6) is 0 Å². The summed E-state index contributed by atoms with van der Waals surface area (Å²) in [6.07, 6.45) is 0.807. The van der Waals surface area contributed by atoms with Gasteiger partial charge in [0.2, 0.25) is 11.8 Å². The average molecular weight is 565 g/mol. The molecule has 0 bridgehead atoms. The lowest BCUT2D eigenvalue weighted by molar-refractivity contribution is -0.123. The smallest absolute Gasteiger partial charge is 0.240 e. The molecule has 5 rings (SSSR count). The second kappa shape index (κ2) is 11.4. The van der Waals surface area contributed by atoms with E-state index in [-0.39, 0.29) is 35.4 Å². The number of fused-ring (bicyclic) bond motifs is 1. The highest BCUT2D eigenvalue weighted by atomic mass is 35.5. The summed E-state index contributed by atoms with van der Waals surface area (Å²) in [4.78, 5) is 29.5. The molecular formula is C29H29ClN4O2S2. The molecule has 6 nitrogen and oxygen atoms in total. The van der Waals surface area contributed by atoms with Gasteiger partial charge in [0.15, 0.2) is 0 Å². The van der Waals surface area contributed by atoms with Crippen LogP contribution in [0.25, 0.3) is 16.3 Å². The maximum Gasteiger partial charge on any atom is 0.240 e. The van der Waals surface area contributed by atoms with Gasteiger partial charge in [-0.3, -0.25) is 14.5 Å². The Morgan fingerprint density at radius 3 is 2.71 bits per heavy atom. The Hall–Kier alpha value is -3.07. The van der Waals surface area contributed by atoms with Gasteiger partial charge in [-0.1, -0.05) is 54.9 Å². The Bertz CT molecular complexity index is 1470. The van der Waals surface area contributed by atoms with Crippen molar-refractivity contribution in [2.45, 2.75) is 38.5 Å². The molecule has 2 aromatic heterocycles. The maximum atomic E-state index is 13.7. The van der Waals surface area contributed by atoms with Crippen LogP contribution in [0, 0.1) is 6.92 Å². The molecule has 0 fully saturated rings. The minimum Gasteiger partial charge on any atom is -0.352 e. The average Bonchev–Trinajstić information content (AvgIpc) is 3.53. The fraction of sp³-hybridized carbons (Fsp3) is 0.276. The van der Waals surface area contributed by atoms with E-state index in [4.69, 9.17) is 16.7 Å². The van der Waals surface area contributed by atoms with Crippen LogP contribution >= 0.6 is 34.7 Å². The Balaban J connectivity index is 1.78. The number of amides is 2. The van der Waals surface area contributed by atoms with Gasteiger partial charge in [0.25, 0.3) is 0 Å². The van der Waals surface area contributed by atoms with E-state index in [1.165, 1.54) is 11.8 Å². The van der Waals surface area contributed by atoms with Crippen LogP contribution in [-0.2, 0) is 9.59 Å². The fourth-order valence-electron chi connectivity index (χ4n) is 4.58. The molecule has 1 aliphatic heterocycles. The molecule has 2 atom stereocenters. The SMILES string of the molecule is CCC(C)NC(=O)CN1C(=O)CSC(c2cccc(Cl)c2)c2c(-c3cccs3)nn(-c3ccccc3C)c21. The maximum absolute atomic E-state index is 13.7. The number of nitrogens with zero attached hydrogens (tertiary/aromatic N) is 3. The monoisotopic (exact) mass is 564 g/mol. The Morgan fingerprint density at radius 1 is 1.18 bits per heavy atom. The molecule has 4 aromatic rings. The number of hydrogen-bond acceptors (Lipinski definition) is 5. The van der Waals surface area contributed by atoms with E-state index >= 15 is 0 Å². The van der Waals surface area contributed by atoms with Crippen LogP contribution < -0.4 is 10.2 Å². The predicted molar refractivity (Wildman–Crippen MR) is 158 cm³/mol. The van der Waals surface area contributed by atoms with Gasteiger partial charge in [-0.2, -0.15) is 5.10 Å². The highest BCUT2D eigenvalue weighted by Gasteiger charge is 2.38. The normalized spacial score (nSPS) is 16.2. The summed E-state index contributed by atoms with van der Waals surface area (Å²) in [5, 5.41) is 10.6. The zero-order valence-electron chi connectivity index (χ0n) is 21.5. The first-order valence-corrected chi connectivity index (χ1v) is 14.9. The number of thioether (sulfide) groups is 1. The molecule has 9 heteroatoms. The summed E-state index contributed by atoms with van der Waals surface area (Å²) in [5.74, 6) is 0.523. The summed E-state index contributed by atoms with van der Waals surface area (Å²) in [6.45, 7) is 5.92. The molecule has 0 saturated heterocycles. The number of hydrogen-bond donors (Lipinski definition) is 1. The van der Waals surface area contributed by atoms with Crippen LogP contribution in [0.2, 0.25) is 5.02 Å². The van der Waals surface area contributed by atoms with Gasteiger partial charge >= 0.3 is 0 Å². The van der Waals surface area contributed by atoms with E-state index in [0.29, 0.717) is 10.8 Å². The van der Waals surface area contributed by atoms with Crippen LogP contribution in [0.1, 0.15) is 42.2 Å². The number of thiophene rings is 1. The van der Waals surface area contributed by atoms with Crippen LogP contribution in [-0.4, -0.2) is 39.9 Å². The Morgan fingerprint density at radius 2 is 2.00 bits per heavy atom. The van der Waals surface area contributed by atoms with Gasteiger partial charge in [0, 0.05) is 16.6 Å². The molecule has 2 amide bonds. The number of benzene rings is 2. The fourth-order valence-corrected chi connectivity index (χ4v) is 6.69. The molecule has 0 spiro atoms. The number of nitrogens with one attached hydrogen (secondary N) is 1. The first-order valence-electron chi connectivity index (χ1n) is 12.6. The van der Waals surface area contributed by atoms with Gasteiger partial charge in [-0.15, -0.1) is 23.1 Å². The minimum atomic E-state index is -0.204. The lowest BCUT2D eigenvalue weighted by Crippen LogP contribution is -2.44.